The Balaban J connectivity index is 0.000000604. The van der Waals surface area contributed by atoms with Crippen molar-refractivity contribution in [3.05, 3.63) is 80.9 Å². The summed E-state index contributed by atoms with van der Waals surface area (Å²) in [5.41, 5.74) is 11.8. The van der Waals surface area contributed by atoms with Gasteiger partial charge in [-0.25, -0.2) is 0 Å². The minimum absolute atomic E-state index is 0. The molecule has 4 aromatic carbocycles. The number of halogens is 2. The molecule has 0 bridgehead atoms. The fourth-order valence-electron chi connectivity index (χ4n) is 5.00. The van der Waals surface area contributed by atoms with Gasteiger partial charge in [0.05, 0.1) is 0 Å². The summed E-state index contributed by atoms with van der Waals surface area (Å²) < 4.78 is 0. The molecule has 4 heteroatoms. The van der Waals surface area contributed by atoms with Crippen molar-refractivity contribution in [1.29, 1.82) is 0 Å². The Labute approximate surface area is 261 Å². The van der Waals surface area contributed by atoms with Crippen LogP contribution in [0.1, 0.15) is 96.9 Å². The molecular formula is C34H48Cl2SiZr-2. The SMILES string of the molecule is CCC(C)c1ccc(C)c2[cH-]c(C)c(C)c12.CCC(C)c1ccc(C)c2[cH-]c(C)c(C)c12.C[Si](C)=[Zr+2].[Cl-].[Cl-]. The van der Waals surface area contributed by atoms with E-state index in [0.29, 0.717) is 11.8 Å². The molecule has 38 heavy (non-hydrogen) atoms. The summed E-state index contributed by atoms with van der Waals surface area (Å²) >= 11 is 1.74. The molecular weight excluding hydrogens is 599 g/mol. The van der Waals surface area contributed by atoms with Crippen LogP contribution in [0.3, 0.4) is 0 Å². The molecule has 0 aliphatic carbocycles. The van der Waals surface area contributed by atoms with Crippen molar-refractivity contribution in [2.45, 2.75) is 107 Å². The van der Waals surface area contributed by atoms with Crippen LogP contribution in [0.5, 0.6) is 0 Å². The standard InChI is InChI=1S/2C16H21.C2H6Si.2ClH.Zr/c2*1-6-10(2)14-8-7-11(3)15-9-12(4)13(5)16(14)15;1-3-2;;;/h2*7-10H,6H2,1-5H3;1-2H3;2*1H;/q2*-1;;;;+2/p-2. The molecule has 0 amide bonds. The number of aryl methyl sites for hydroxylation is 6. The maximum atomic E-state index is 2.34. The zero-order chi connectivity index (χ0) is 27.3. The normalized spacial score (nSPS) is 11.9. The van der Waals surface area contributed by atoms with Gasteiger partial charge in [-0.2, -0.15) is 11.1 Å². The first-order valence-corrected chi connectivity index (χ1v) is 19.9. The van der Waals surface area contributed by atoms with Crippen molar-refractivity contribution in [1.82, 2.24) is 0 Å². The van der Waals surface area contributed by atoms with Gasteiger partial charge in [-0.1, -0.05) is 105 Å². The molecule has 0 saturated carbocycles. The third kappa shape index (κ3) is 8.67. The van der Waals surface area contributed by atoms with Gasteiger partial charge >= 0.3 is 41.9 Å². The van der Waals surface area contributed by atoms with Gasteiger partial charge in [0, 0.05) is 0 Å². The van der Waals surface area contributed by atoms with Crippen molar-refractivity contribution in [3.63, 3.8) is 0 Å². The van der Waals surface area contributed by atoms with Crippen LogP contribution in [-0.4, -0.2) is 5.43 Å². The van der Waals surface area contributed by atoms with Crippen LogP contribution >= 0.6 is 0 Å². The van der Waals surface area contributed by atoms with E-state index in [9.17, 15) is 0 Å². The van der Waals surface area contributed by atoms with Crippen molar-refractivity contribution >= 4 is 27.0 Å². The zero-order valence-electron chi connectivity index (χ0n) is 25.8. The maximum Gasteiger partial charge on any atom is -1.00 e. The van der Waals surface area contributed by atoms with Gasteiger partial charge in [0.25, 0.3) is 0 Å². The molecule has 2 atom stereocenters. The Kier molecular flexibility index (Phi) is 16.3. The molecule has 0 aliphatic heterocycles. The molecule has 0 nitrogen and oxygen atoms in total. The van der Waals surface area contributed by atoms with E-state index in [1.165, 1.54) is 78.9 Å². The second-order valence-electron chi connectivity index (χ2n) is 11.0. The van der Waals surface area contributed by atoms with Gasteiger partial charge in [0.2, 0.25) is 0 Å². The van der Waals surface area contributed by atoms with Gasteiger partial charge in [0.1, 0.15) is 0 Å². The summed E-state index contributed by atoms with van der Waals surface area (Å²) in [5.74, 6) is 1.31. The van der Waals surface area contributed by atoms with Crippen LogP contribution in [-0.2, 0) is 23.3 Å². The van der Waals surface area contributed by atoms with E-state index in [4.69, 9.17) is 0 Å². The van der Waals surface area contributed by atoms with Crippen LogP contribution in [0.4, 0.5) is 0 Å². The quantitative estimate of drug-likeness (QED) is 0.221. The number of hydrogen-bond donors (Lipinski definition) is 0. The summed E-state index contributed by atoms with van der Waals surface area (Å²) in [6.07, 6.45) is 2.42. The summed E-state index contributed by atoms with van der Waals surface area (Å²) in [4.78, 5) is 0. The van der Waals surface area contributed by atoms with E-state index in [-0.39, 0.29) is 30.2 Å². The predicted octanol–water partition coefficient (Wildman–Crippen LogP) is 4.79. The van der Waals surface area contributed by atoms with Crippen molar-refractivity contribution in [2.24, 2.45) is 0 Å². The van der Waals surface area contributed by atoms with E-state index >= 15 is 0 Å². The van der Waals surface area contributed by atoms with E-state index in [1.54, 1.807) is 23.3 Å². The number of benzene rings is 2. The largest absolute Gasteiger partial charge is 1.00 e. The smallest absolute Gasteiger partial charge is 1.00 e. The third-order valence-corrected chi connectivity index (χ3v) is 7.93. The van der Waals surface area contributed by atoms with Crippen LogP contribution < -0.4 is 24.8 Å². The Hall–Kier alpha value is -0.660. The molecule has 0 fully saturated rings. The molecule has 0 spiro atoms. The third-order valence-electron chi connectivity index (χ3n) is 7.93. The van der Waals surface area contributed by atoms with Gasteiger partial charge in [-0.05, 0) is 11.8 Å². The molecule has 0 aromatic heterocycles. The Morgan fingerprint density at radius 2 is 0.947 bits per heavy atom. The van der Waals surface area contributed by atoms with E-state index in [0.717, 1.165) is 0 Å². The van der Waals surface area contributed by atoms with Gasteiger partial charge in [-0.3, -0.25) is 0 Å². The van der Waals surface area contributed by atoms with Gasteiger partial charge in [0.15, 0.2) is 0 Å². The molecule has 4 rings (SSSR count). The van der Waals surface area contributed by atoms with Crippen LogP contribution in [0, 0.1) is 41.5 Å². The first kappa shape index (κ1) is 37.3. The fraction of sp³-hybridized carbons (Fsp3) is 0.471. The topological polar surface area (TPSA) is 0 Å². The number of hydrogen-bond acceptors (Lipinski definition) is 0. The molecule has 0 heterocycles. The monoisotopic (exact) mass is 644 g/mol. The molecule has 0 radical (unpaired) electrons. The van der Waals surface area contributed by atoms with E-state index in [2.05, 4.69) is 119 Å². The van der Waals surface area contributed by atoms with Crippen molar-refractivity contribution < 1.29 is 48.1 Å². The minimum atomic E-state index is 0. The average molecular weight is 647 g/mol. The molecule has 0 N–H and O–H groups in total. The van der Waals surface area contributed by atoms with E-state index in [1.807, 2.05) is 0 Å². The predicted molar refractivity (Wildman–Crippen MR) is 162 cm³/mol. The molecule has 0 saturated heterocycles. The first-order valence-electron chi connectivity index (χ1n) is 13.7. The van der Waals surface area contributed by atoms with Crippen molar-refractivity contribution in [2.75, 3.05) is 0 Å². The number of fused-ring (bicyclic) bond motifs is 2. The summed E-state index contributed by atoms with van der Waals surface area (Å²) in [6.45, 7) is 27.2. The Morgan fingerprint density at radius 3 is 1.21 bits per heavy atom. The minimum Gasteiger partial charge on any atom is -1.00 e. The van der Waals surface area contributed by atoms with Crippen molar-refractivity contribution in [3.8, 4) is 0 Å². The molecule has 0 aliphatic rings. The molecule has 2 unspecified atom stereocenters. The summed E-state index contributed by atoms with van der Waals surface area (Å²) in [6, 6.07) is 13.8. The average Bonchev–Trinajstić information content (AvgIpc) is 3.30. The van der Waals surface area contributed by atoms with Gasteiger partial charge < -0.3 is 24.8 Å². The maximum absolute atomic E-state index is 2.34. The van der Waals surface area contributed by atoms with E-state index < -0.39 is 0 Å². The Morgan fingerprint density at radius 1 is 0.658 bits per heavy atom. The molecule has 4 aromatic rings. The summed E-state index contributed by atoms with van der Waals surface area (Å²) in [7, 11) is 0. The second kappa shape index (κ2) is 16.6. The number of rotatable bonds is 4. The zero-order valence-corrected chi connectivity index (χ0v) is 30.8. The summed E-state index contributed by atoms with van der Waals surface area (Å²) in [5, 5.41) is 5.92. The van der Waals surface area contributed by atoms with Crippen LogP contribution in [0.25, 0.3) is 21.5 Å². The first-order chi connectivity index (χ1) is 16.8. The second-order valence-corrected chi connectivity index (χ2v) is 20.4. The van der Waals surface area contributed by atoms with Crippen LogP contribution in [0.15, 0.2) is 36.4 Å². The van der Waals surface area contributed by atoms with Crippen LogP contribution in [0.2, 0.25) is 13.1 Å². The molecule has 208 valence electrons. The fourth-order valence-corrected chi connectivity index (χ4v) is 5.00. The Bertz CT molecular complexity index is 1240. The van der Waals surface area contributed by atoms with Gasteiger partial charge in [-0.15, -0.1) is 68.1 Å².